The van der Waals surface area contributed by atoms with Gasteiger partial charge in [0.2, 0.25) is 0 Å². The first-order valence-corrected chi connectivity index (χ1v) is 8.28. The standard InChI is InChI=1S/C17H20N2O3S/c1-21-14-8-13(9-15(10-14)22-2)19-17(20)18-11-12-4-6-16(23-3)7-5-12/h4-10H,11H2,1-3H3,(H2,18,19,20). The lowest BCUT2D eigenvalue weighted by atomic mass is 10.2. The van der Waals surface area contributed by atoms with Crippen LogP contribution in [0.4, 0.5) is 10.5 Å². The highest BCUT2D eigenvalue weighted by atomic mass is 32.2. The molecule has 0 saturated carbocycles. The molecule has 122 valence electrons. The highest BCUT2D eigenvalue weighted by Gasteiger charge is 2.06. The summed E-state index contributed by atoms with van der Waals surface area (Å²) in [5.74, 6) is 1.24. The molecule has 0 radical (unpaired) electrons. The van der Waals surface area contributed by atoms with Gasteiger partial charge < -0.3 is 20.1 Å². The van der Waals surface area contributed by atoms with E-state index in [2.05, 4.69) is 10.6 Å². The van der Waals surface area contributed by atoms with Crippen molar-refractivity contribution in [3.05, 3.63) is 48.0 Å². The fourth-order valence-electron chi connectivity index (χ4n) is 1.98. The fraction of sp³-hybridized carbons (Fsp3) is 0.235. The number of hydrogen-bond acceptors (Lipinski definition) is 4. The average Bonchev–Trinajstić information content (AvgIpc) is 2.60. The minimum Gasteiger partial charge on any atom is -0.497 e. The van der Waals surface area contributed by atoms with Gasteiger partial charge in [-0.15, -0.1) is 11.8 Å². The molecule has 5 nitrogen and oxygen atoms in total. The summed E-state index contributed by atoms with van der Waals surface area (Å²) in [4.78, 5) is 13.2. The summed E-state index contributed by atoms with van der Waals surface area (Å²) in [7, 11) is 3.13. The van der Waals surface area contributed by atoms with E-state index in [0.29, 0.717) is 23.7 Å². The largest absolute Gasteiger partial charge is 0.497 e. The number of nitrogens with one attached hydrogen (secondary N) is 2. The van der Waals surface area contributed by atoms with Crippen molar-refractivity contribution < 1.29 is 14.3 Å². The third-order valence-electron chi connectivity index (χ3n) is 3.22. The van der Waals surface area contributed by atoms with Crippen LogP contribution in [0.5, 0.6) is 11.5 Å². The Balaban J connectivity index is 1.93. The van der Waals surface area contributed by atoms with Crippen LogP contribution in [0.3, 0.4) is 0 Å². The topological polar surface area (TPSA) is 59.6 Å². The Morgan fingerprint density at radius 1 is 1.04 bits per heavy atom. The average molecular weight is 332 g/mol. The van der Waals surface area contributed by atoms with E-state index in [1.165, 1.54) is 4.90 Å². The maximum absolute atomic E-state index is 12.0. The molecule has 23 heavy (non-hydrogen) atoms. The van der Waals surface area contributed by atoms with E-state index < -0.39 is 0 Å². The lowest BCUT2D eigenvalue weighted by Crippen LogP contribution is -2.28. The molecule has 0 unspecified atom stereocenters. The summed E-state index contributed by atoms with van der Waals surface area (Å²) in [5.41, 5.74) is 1.65. The van der Waals surface area contributed by atoms with Gasteiger partial charge in [-0.2, -0.15) is 0 Å². The highest BCUT2D eigenvalue weighted by Crippen LogP contribution is 2.25. The molecule has 2 aromatic carbocycles. The van der Waals surface area contributed by atoms with Crippen LogP contribution >= 0.6 is 11.8 Å². The molecule has 2 rings (SSSR count). The number of urea groups is 1. The predicted octanol–water partition coefficient (Wildman–Crippen LogP) is 3.75. The molecule has 0 aliphatic carbocycles. The van der Waals surface area contributed by atoms with Crippen molar-refractivity contribution in [2.45, 2.75) is 11.4 Å². The molecule has 2 N–H and O–H groups in total. The van der Waals surface area contributed by atoms with Crippen molar-refractivity contribution in [3.63, 3.8) is 0 Å². The van der Waals surface area contributed by atoms with Gasteiger partial charge in [0.25, 0.3) is 0 Å². The maximum Gasteiger partial charge on any atom is 0.319 e. The van der Waals surface area contributed by atoms with Gasteiger partial charge >= 0.3 is 6.03 Å². The number of anilines is 1. The second kappa shape index (κ2) is 8.33. The van der Waals surface area contributed by atoms with Crippen LogP contribution in [0, 0.1) is 0 Å². The summed E-state index contributed by atoms with van der Waals surface area (Å²) in [6, 6.07) is 13.0. The first kappa shape index (κ1) is 17.0. The third kappa shape index (κ3) is 5.10. The van der Waals surface area contributed by atoms with E-state index in [0.717, 1.165) is 5.56 Å². The van der Waals surface area contributed by atoms with E-state index in [4.69, 9.17) is 9.47 Å². The number of benzene rings is 2. The molecule has 0 heterocycles. The molecule has 0 aromatic heterocycles. The Hall–Kier alpha value is -2.34. The predicted molar refractivity (Wildman–Crippen MR) is 93.6 cm³/mol. The zero-order valence-electron chi connectivity index (χ0n) is 13.4. The van der Waals surface area contributed by atoms with Crippen LogP contribution in [-0.2, 0) is 6.54 Å². The van der Waals surface area contributed by atoms with E-state index in [1.807, 2.05) is 30.5 Å². The zero-order chi connectivity index (χ0) is 16.7. The van der Waals surface area contributed by atoms with E-state index in [9.17, 15) is 4.79 Å². The minimum absolute atomic E-state index is 0.283. The number of amides is 2. The fourth-order valence-corrected chi connectivity index (χ4v) is 2.39. The minimum atomic E-state index is -0.283. The van der Waals surface area contributed by atoms with Crippen molar-refractivity contribution >= 4 is 23.5 Å². The Labute approximate surface area is 140 Å². The van der Waals surface area contributed by atoms with Crippen LogP contribution in [0.2, 0.25) is 0 Å². The highest BCUT2D eigenvalue weighted by molar-refractivity contribution is 7.98. The van der Waals surface area contributed by atoms with Gasteiger partial charge in [-0.05, 0) is 24.0 Å². The van der Waals surface area contributed by atoms with Gasteiger partial charge in [-0.1, -0.05) is 12.1 Å². The van der Waals surface area contributed by atoms with Crippen molar-refractivity contribution in [1.82, 2.24) is 5.32 Å². The molecule has 0 saturated heterocycles. The van der Waals surface area contributed by atoms with E-state index in [-0.39, 0.29) is 6.03 Å². The summed E-state index contributed by atoms with van der Waals surface area (Å²) in [6.07, 6.45) is 2.03. The number of carbonyl (C=O) groups excluding carboxylic acids is 1. The molecule has 0 bridgehead atoms. The molecule has 0 fully saturated rings. The van der Waals surface area contributed by atoms with Crippen LogP contribution in [-0.4, -0.2) is 26.5 Å². The monoisotopic (exact) mass is 332 g/mol. The second-order valence-electron chi connectivity index (χ2n) is 4.76. The SMILES string of the molecule is COc1cc(NC(=O)NCc2ccc(SC)cc2)cc(OC)c1. The van der Waals surface area contributed by atoms with Gasteiger partial charge in [0.05, 0.1) is 14.2 Å². The molecule has 2 aromatic rings. The van der Waals surface area contributed by atoms with Crippen LogP contribution in [0.1, 0.15) is 5.56 Å². The number of hydrogen-bond donors (Lipinski definition) is 2. The molecule has 0 aliphatic heterocycles. The van der Waals surface area contributed by atoms with Gasteiger partial charge in [-0.3, -0.25) is 0 Å². The van der Waals surface area contributed by atoms with Crippen LogP contribution < -0.4 is 20.1 Å². The Morgan fingerprint density at radius 3 is 2.17 bits per heavy atom. The van der Waals surface area contributed by atoms with Crippen LogP contribution in [0.15, 0.2) is 47.4 Å². The molecular weight excluding hydrogens is 312 g/mol. The van der Waals surface area contributed by atoms with E-state index >= 15 is 0 Å². The summed E-state index contributed by atoms with van der Waals surface area (Å²) in [5, 5.41) is 5.59. The number of methoxy groups -OCH3 is 2. The number of rotatable bonds is 6. The molecule has 6 heteroatoms. The van der Waals surface area contributed by atoms with Crippen molar-refractivity contribution in [3.8, 4) is 11.5 Å². The van der Waals surface area contributed by atoms with Crippen molar-refractivity contribution in [2.24, 2.45) is 0 Å². The summed E-state index contributed by atoms with van der Waals surface area (Å²) < 4.78 is 10.4. The lowest BCUT2D eigenvalue weighted by Gasteiger charge is -2.11. The summed E-state index contributed by atoms with van der Waals surface area (Å²) in [6.45, 7) is 0.460. The van der Waals surface area contributed by atoms with Crippen LogP contribution in [0.25, 0.3) is 0 Å². The van der Waals surface area contributed by atoms with Gasteiger partial charge in [0.15, 0.2) is 0 Å². The maximum atomic E-state index is 12.0. The van der Waals surface area contributed by atoms with Gasteiger partial charge in [0, 0.05) is 35.3 Å². The van der Waals surface area contributed by atoms with Crippen molar-refractivity contribution in [1.29, 1.82) is 0 Å². The Bertz CT molecular complexity index is 637. The van der Waals surface area contributed by atoms with Crippen molar-refractivity contribution in [2.75, 3.05) is 25.8 Å². The molecule has 0 atom stereocenters. The number of ether oxygens (including phenoxy) is 2. The second-order valence-corrected chi connectivity index (χ2v) is 5.64. The normalized spacial score (nSPS) is 10.0. The molecule has 0 aliphatic rings. The van der Waals surface area contributed by atoms with E-state index in [1.54, 1.807) is 44.2 Å². The molecule has 2 amide bonds. The molecular formula is C17H20N2O3S. The zero-order valence-corrected chi connectivity index (χ0v) is 14.2. The number of carbonyl (C=O) groups is 1. The smallest absolute Gasteiger partial charge is 0.319 e. The quantitative estimate of drug-likeness (QED) is 0.791. The molecule has 0 spiro atoms. The first-order chi connectivity index (χ1) is 11.1. The van der Waals surface area contributed by atoms with Gasteiger partial charge in [-0.25, -0.2) is 4.79 Å². The lowest BCUT2D eigenvalue weighted by molar-refractivity contribution is 0.251. The number of thioether (sulfide) groups is 1. The van der Waals surface area contributed by atoms with Gasteiger partial charge in [0.1, 0.15) is 11.5 Å². The summed E-state index contributed by atoms with van der Waals surface area (Å²) >= 11 is 1.69. The Morgan fingerprint density at radius 2 is 1.65 bits per heavy atom. The third-order valence-corrected chi connectivity index (χ3v) is 3.97. The first-order valence-electron chi connectivity index (χ1n) is 7.05. The Kier molecular flexibility index (Phi) is 6.17.